The molecule has 15 heavy (non-hydrogen) atoms. The molecule has 0 unspecified atom stereocenters. The monoisotopic (exact) mass is 224 g/mol. The molecule has 0 aliphatic heterocycles. The van der Waals surface area contributed by atoms with Crippen LogP contribution in [0.4, 0.5) is 10.1 Å². The van der Waals surface area contributed by atoms with Crippen molar-refractivity contribution in [1.82, 2.24) is 14.8 Å². The average Bonchev–Trinajstić information content (AvgIpc) is 2.50. The van der Waals surface area contributed by atoms with Gasteiger partial charge in [-0.25, -0.2) is 14.1 Å². The summed E-state index contributed by atoms with van der Waals surface area (Å²) in [4.78, 5) is 4.73. The summed E-state index contributed by atoms with van der Waals surface area (Å²) in [7, 11) is 1.78. The lowest BCUT2D eigenvalue weighted by atomic mass is 10.3. The van der Waals surface area contributed by atoms with Gasteiger partial charge in [0.1, 0.15) is 12.1 Å². The fraction of sp³-hybridized carbons (Fsp3) is 0.111. The number of halogens is 1. The van der Waals surface area contributed by atoms with E-state index in [0.717, 1.165) is 0 Å². The zero-order valence-electron chi connectivity index (χ0n) is 8.01. The van der Waals surface area contributed by atoms with E-state index in [1.807, 2.05) is 0 Å². The summed E-state index contributed by atoms with van der Waals surface area (Å²) in [5.74, 6) is -0.348. The number of aryl methyl sites for hydroxylation is 1. The number of hydrogen-bond acceptors (Lipinski definition) is 4. The third kappa shape index (κ3) is 2.27. The zero-order chi connectivity index (χ0) is 10.8. The SMILES string of the molecule is Cn1ncnc1Sc1cc(N)cc(F)c1. The molecule has 0 saturated heterocycles. The van der Waals surface area contributed by atoms with Crippen molar-refractivity contribution >= 4 is 17.4 Å². The second-order valence-electron chi connectivity index (χ2n) is 2.99. The molecule has 6 heteroatoms. The van der Waals surface area contributed by atoms with Crippen LogP contribution in [0.15, 0.2) is 34.6 Å². The van der Waals surface area contributed by atoms with Gasteiger partial charge in [0.2, 0.25) is 0 Å². The number of nitrogens with zero attached hydrogens (tertiary/aromatic N) is 3. The van der Waals surface area contributed by atoms with Crippen molar-refractivity contribution in [2.75, 3.05) is 5.73 Å². The van der Waals surface area contributed by atoms with Gasteiger partial charge in [-0.2, -0.15) is 5.10 Å². The summed E-state index contributed by atoms with van der Waals surface area (Å²) in [5.41, 5.74) is 5.93. The van der Waals surface area contributed by atoms with Crippen LogP contribution in [0.3, 0.4) is 0 Å². The average molecular weight is 224 g/mol. The maximum atomic E-state index is 13.0. The van der Waals surface area contributed by atoms with E-state index in [2.05, 4.69) is 10.1 Å². The first-order valence-electron chi connectivity index (χ1n) is 4.23. The first kappa shape index (κ1) is 9.97. The molecule has 0 radical (unpaired) electrons. The third-order valence-electron chi connectivity index (χ3n) is 1.77. The first-order chi connectivity index (χ1) is 7.15. The fourth-order valence-electron chi connectivity index (χ4n) is 1.13. The summed E-state index contributed by atoms with van der Waals surface area (Å²) in [6.45, 7) is 0. The molecule has 1 aromatic carbocycles. The molecule has 1 heterocycles. The second-order valence-corrected chi connectivity index (χ2v) is 4.03. The summed E-state index contributed by atoms with van der Waals surface area (Å²) >= 11 is 1.32. The Morgan fingerprint density at radius 3 is 2.80 bits per heavy atom. The van der Waals surface area contributed by atoms with Crippen molar-refractivity contribution < 1.29 is 4.39 Å². The van der Waals surface area contributed by atoms with Gasteiger partial charge in [-0.05, 0) is 30.0 Å². The Labute approximate surface area is 90.3 Å². The minimum absolute atomic E-state index is 0.348. The fourth-order valence-corrected chi connectivity index (χ4v) is 1.98. The third-order valence-corrected chi connectivity index (χ3v) is 2.80. The van der Waals surface area contributed by atoms with Crippen LogP contribution in [0.1, 0.15) is 0 Å². The Morgan fingerprint density at radius 1 is 1.40 bits per heavy atom. The molecule has 0 amide bonds. The van der Waals surface area contributed by atoms with Crippen molar-refractivity contribution in [2.24, 2.45) is 7.05 Å². The summed E-state index contributed by atoms with van der Waals surface area (Å²) in [6.07, 6.45) is 1.45. The van der Waals surface area contributed by atoms with Crippen LogP contribution in [0.5, 0.6) is 0 Å². The van der Waals surface area contributed by atoms with Crippen LogP contribution in [0.2, 0.25) is 0 Å². The molecule has 2 N–H and O–H groups in total. The lowest BCUT2D eigenvalue weighted by molar-refractivity contribution is 0.624. The number of nitrogens with two attached hydrogens (primary N) is 1. The molecule has 2 aromatic rings. The van der Waals surface area contributed by atoms with E-state index in [0.29, 0.717) is 15.7 Å². The quantitative estimate of drug-likeness (QED) is 0.789. The number of benzene rings is 1. The molecule has 78 valence electrons. The highest BCUT2D eigenvalue weighted by Gasteiger charge is 2.05. The van der Waals surface area contributed by atoms with Crippen LogP contribution >= 0.6 is 11.8 Å². The van der Waals surface area contributed by atoms with Crippen LogP contribution in [-0.4, -0.2) is 14.8 Å². The maximum absolute atomic E-state index is 13.0. The highest BCUT2D eigenvalue weighted by molar-refractivity contribution is 7.99. The Balaban J connectivity index is 2.28. The summed E-state index contributed by atoms with van der Waals surface area (Å²) in [5, 5.41) is 4.61. The first-order valence-corrected chi connectivity index (χ1v) is 5.05. The van der Waals surface area contributed by atoms with Gasteiger partial charge in [0, 0.05) is 17.6 Å². The van der Waals surface area contributed by atoms with Gasteiger partial charge in [0.15, 0.2) is 5.16 Å². The standard InChI is InChI=1S/C9H9FN4S/c1-14-9(12-5-13-14)15-8-3-6(10)2-7(11)4-8/h2-5H,11H2,1H3. The van der Waals surface area contributed by atoms with Gasteiger partial charge < -0.3 is 5.73 Å². The van der Waals surface area contributed by atoms with Gasteiger partial charge >= 0.3 is 0 Å². The van der Waals surface area contributed by atoms with Crippen molar-refractivity contribution in [2.45, 2.75) is 10.1 Å². The van der Waals surface area contributed by atoms with Crippen LogP contribution < -0.4 is 5.73 Å². The van der Waals surface area contributed by atoms with E-state index in [-0.39, 0.29) is 5.82 Å². The number of hydrogen-bond donors (Lipinski definition) is 1. The van der Waals surface area contributed by atoms with E-state index >= 15 is 0 Å². The molecular formula is C9H9FN4S. The van der Waals surface area contributed by atoms with Crippen LogP contribution in [0.25, 0.3) is 0 Å². The van der Waals surface area contributed by atoms with Crippen LogP contribution in [-0.2, 0) is 7.05 Å². The molecular weight excluding hydrogens is 215 g/mol. The normalized spacial score (nSPS) is 10.5. The molecule has 0 aliphatic carbocycles. The van der Waals surface area contributed by atoms with Crippen molar-refractivity contribution in [1.29, 1.82) is 0 Å². The molecule has 0 aliphatic rings. The Bertz CT molecular complexity index is 462. The van der Waals surface area contributed by atoms with E-state index in [9.17, 15) is 4.39 Å². The minimum Gasteiger partial charge on any atom is -0.399 e. The number of aromatic nitrogens is 3. The summed E-state index contributed by atoms with van der Waals surface area (Å²) in [6, 6.07) is 4.39. The van der Waals surface area contributed by atoms with E-state index < -0.39 is 0 Å². The molecule has 0 saturated carbocycles. The smallest absolute Gasteiger partial charge is 0.190 e. The minimum atomic E-state index is -0.348. The second kappa shape index (κ2) is 3.90. The van der Waals surface area contributed by atoms with Crippen molar-refractivity contribution in [3.63, 3.8) is 0 Å². The molecule has 0 spiro atoms. The number of nitrogen functional groups attached to an aromatic ring is 1. The predicted molar refractivity (Wildman–Crippen MR) is 55.9 cm³/mol. The molecule has 0 fully saturated rings. The van der Waals surface area contributed by atoms with Crippen molar-refractivity contribution in [3.05, 3.63) is 30.3 Å². The van der Waals surface area contributed by atoms with E-state index in [4.69, 9.17) is 5.73 Å². The topological polar surface area (TPSA) is 56.7 Å². The Morgan fingerprint density at radius 2 is 2.20 bits per heavy atom. The van der Waals surface area contributed by atoms with Gasteiger partial charge in [0.25, 0.3) is 0 Å². The molecule has 2 rings (SSSR count). The summed E-state index contributed by atoms with van der Waals surface area (Å²) < 4.78 is 14.6. The van der Waals surface area contributed by atoms with E-state index in [1.54, 1.807) is 17.8 Å². The Kier molecular flexibility index (Phi) is 2.59. The largest absolute Gasteiger partial charge is 0.399 e. The predicted octanol–water partition coefficient (Wildman–Crippen LogP) is 1.69. The molecule has 1 aromatic heterocycles. The zero-order valence-corrected chi connectivity index (χ0v) is 8.83. The van der Waals surface area contributed by atoms with Gasteiger partial charge in [-0.1, -0.05) is 0 Å². The lowest BCUT2D eigenvalue weighted by Crippen LogP contribution is -1.93. The Hall–Kier alpha value is -1.56. The van der Waals surface area contributed by atoms with Gasteiger partial charge in [-0.3, -0.25) is 0 Å². The lowest BCUT2D eigenvalue weighted by Gasteiger charge is -2.02. The molecule has 0 bridgehead atoms. The maximum Gasteiger partial charge on any atom is 0.190 e. The number of anilines is 1. The highest BCUT2D eigenvalue weighted by Crippen LogP contribution is 2.27. The van der Waals surface area contributed by atoms with Gasteiger partial charge in [0.05, 0.1) is 0 Å². The van der Waals surface area contributed by atoms with Crippen molar-refractivity contribution in [3.8, 4) is 0 Å². The number of rotatable bonds is 2. The molecule has 0 atom stereocenters. The van der Waals surface area contributed by atoms with Gasteiger partial charge in [-0.15, -0.1) is 0 Å². The van der Waals surface area contributed by atoms with Crippen LogP contribution in [0, 0.1) is 5.82 Å². The molecule has 4 nitrogen and oxygen atoms in total. The van der Waals surface area contributed by atoms with E-state index in [1.165, 1.54) is 30.2 Å². The highest BCUT2D eigenvalue weighted by atomic mass is 32.2.